The van der Waals surface area contributed by atoms with Gasteiger partial charge in [-0.05, 0) is 0 Å². The Labute approximate surface area is 70.6 Å². The topological polar surface area (TPSA) is 26.3 Å². The fourth-order valence-electron chi connectivity index (χ4n) is 0.704. The average molecular weight is 167 g/mol. The van der Waals surface area contributed by atoms with Gasteiger partial charge in [-0.15, -0.1) is 0 Å². The highest BCUT2D eigenvalue weighted by atomic mass is 32.1. The lowest BCUT2D eigenvalue weighted by Gasteiger charge is -1.96. The van der Waals surface area contributed by atoms with Crippen molar-refractivity contribution in [2.75, 3.05) is 7.11 Å². The molecule has 0 spiro atoms. The number of carbonyl (C=O) groups is 1. The van der Waals surface area contributed by atoms with Crippen LogP contribution < -0.4 is 0 Å². The van der Waals surface area contributed by atoms with Crippen molar-refractivity contribution in [3.63, 3.8) is 0 Å². The highest BCUT2D eigenvalue weighted by molar-refractivity contribution is 7.84. The molecule has 1 aliphatic rings. The van der Waals surface area contributed by atoms with Gasteiger partial charge in [-0.3, -0.25) is 0 Å². The van der Waals surface area contributed by atoms with Crippen LogP contribution in [0.1, 0.15) is 0 Å². The summed E-state index contributed by atoms with van der Waals surface area (Å²) in [4.78, 5) is 11.5. The lowest BCUT2D eigenvalue weighted by Crippen LogP contribution is -2.04. The molecule has 0 unspecified atom stereocenters. The SMILES string of the molecule is COC(=O)C1=C(S)C=[C+]C=C1. The van der Waals surface area contributed by atoms with Crippen LogP contribution in [0.2, 0.25) is 0 Å². The predicted molar refractivity (Wildman–Crippen MR) is 45.0 cm³/mol. The molecule has 0 saturated heterocycles. The fourth-order valence-corrected chi connectivity index (χ4v) is 0.945. The van der Waals surface area contributed by atoms with Crippen LogP contribution >= 0.6 is 12.6 Å². The summed E-state index contributed by atoms with van der Waals surface area (Å²) in [5.41, 5.74) is 0.467. The van der Waals surface area contributed by atoms with Crippen molar-refractivity contribution < 1.29 is 9.53 Å². The van der Waals surface area contributed by atoms with E-state index in [4.69, 9.17) is 0 Å². The molecule has 0 aromatic rings. The molecule has 0 heterocycles. The van der Waals surface area contributed by atoms with Gasteiger partial charge in [0.1, 0.15) is 17.1 Å². The molecule has 0 atom stereocenters. The molecule has 0 amide bonds. The maximum absolute atomic E-state index is 10.9. The molecule has 0 N–H and O–H groups in total. The van der Waals surface area contributed by atoms with Crippen molar-refractivity contribution in [3.05, 3.63) is 34.8 Å². The van der Waals surface area contributed by atoms with Crippen LogP contribution in [-0.4, -0.2) is 13.1 Å². The number of thiol groups is 1. The molecule has 0 aromatic carbocycles. The van der Waals surface area contributed by atoms with E-state index in [1.165, 1.54) is 7.11 Å². The largest absolute Gasteiger partial charge is 0.464 e. The third kappa shape index (κ3) is 1.70. The summed E-state index contributed by atoms with van der Waals surface area (Å²) in [6, 6.07) is 0. The van der Waals surface area contributed by atoms with Crippen LogP contribution in [0.3, 0.4) is 0 Å². The zero-order valence-corrected chi connectivity index (χ0v) is 6.89. The molecule has 0 radical (unpaired) electrons. The quantitative estimate of drug-likeness (QED) is 0.361. The smallest absolute Gasteiger partial charge is 0.366 e. The van der Waals surface area contributed by atoms with Crippen molar-refractivity contribution in [3.8, 4) is 0 Å². The molecular weight excluding hydrogens is 160 g/mol. The first-order valence-electron chi connectivity index (χ1n) is 3.03. The van der Waals surface area contributed by atoms with Crippen LogP contribution in [-0.2, 0) is 9.53 Å². The van der Waals surface area contributed by atoms with E-state index in [-0.39, 0.29) is 5.97 Å². The highest BCUT2D eigenvalue weighted by Crippen LogP contribution is 2.16. The number of rotatable bonds is 1. The molecular formula is C8H7O2S+. The Morgan fingerprint density at radius 2 is 2.45 bits per heavy atom. The zero-order chi connectivity index (χ0) is 8.27. The van der Waals surface area contributed by atoms with Gasteiger partial charge in [-0.25, -0.2) is 4.79 Å². The first-order valence-corrected chi connectivity index (χ1v) is 3.48. The average Bonchev–Trinajstić information content (AvgIpc) is 2.04. The number of ether oxygens (including phenoxy) is 1. The molecule has 1 aliphatic carbocycles. The van der Waals surface area contributed by atoms with Crippen molar-refractivity contribution in [2.45, 2.75) is 0 Å². The van der Waals surface area contributed by atoms with Gasteiger partial charge in [0.2, 0.25) is 0 Å². The van der Waals surface area contributed by atoms with Gasteiger partial charge in [0.05, 0.1) is 13.2 Å². The minimum Gasteiger partial charge on any atom is -0.464 e. The standard InChI is InChI=1S/C8H6O2S/c1-10-8(9)6-4-2-3-5-7(6)11/h2,4-5H,1H3/p+1. The molecule has 0 aromatic heterocycles. The van der Waals surface area contributed by atoms with Crippen LogP contribution in [0.4, 0.5) is 0 Å². The van der Waals surface area contributed by atoms with E-state index in [1.54, 1.807) is 18.2 Å². The monoisotopic (exact) mass is 167 g/mol. The van der Waals surface area contributed by atoms with Gasteiger partial charge < -0.3 is 4.74 Å². The van der Waals surface area contributed by atoms with E-state index in [2.05, 4.69) is 23.4 Å². The van der Waals surface area contributed by atoms with Gasteiger partial charge in [-0.2, -0.15) is 0 Å². The van der Waals surface area contributed by atoms with Gasteiger partial charge in [-0.1, -0.05) is 12.6 Å². The van der Waals surface area contributed by atoms with Crippen LogP contribution in [0.15, 0.2) is 28.7 Å². The molecule has 2 nitrogen and oxygen atoms in total. The van der Waals surface area contributed by atoms with Gasteiger partial charge in [0, 0.05) is 6.08 Å². The first-order chi connectivity index (χ1) is 5.25. The number of esters is 1. The fraction of sp³-hybridized carbons (Fsp3) is 0.125. The number of allylic oxidation sites excluding steroid dienone is 3. The van der Waals surface area contributed by atoms with Gasteiger partial charge in [0.25, 0.3) is 0 Å². The molecule has 3 heteroatoms. The molecule has 56 valence electrons. The van der Waals surface area contributed by atoms with Crippen molar-refractivity contribution >= 4 is 18.6 Å². The second-order valence-corrected chi connectivity index (χ2v) is 2.42. The number of hydrogen-bond donors (Lipinski definition) is 1. The first kappa shape index (κ1) is 8.05. The maximum Gasteiger partial charge on any atom is 0.366 e. The van der Waals surface area contributed by atoms with Crippen molar-refractivity contribution in [1.29, 1.82) is 0 Å². The lowest BCUT2D eigenvalue weighted by molar-refractivity contribution is -0.135. The van der Waals surface area contributed by atoms with Crippen molar-refractivity contribution in [1.82, 2.24) is 0 Å². The maximum atomic E-state index is 10.9. The van der Waals surface area contributed by atoms with E-state index >= 15 is 0 Å². The third-order valence-electron chi connectivity index (χ3n) is 1.25. The summed E-state index contributed by atoms with van der Waals surface area (Å²) in [5, 5.41) is 0. The van der Waals surface area contributed by atoms with E-state index in [9.17, 15) is 4.79 Å². The summed E-state index contributed by atoms with van der Waals surface area (Å²) in [6.07, 6.45) is 7.68. The minimum absolute atomic E-state index is 0.371. The Morgan fingerprint density at radius 1 is 1.73 bits per heavy atom. The third-order valence-corrected chi connectivity index (χ3v) is 1.62. The van der Waals surface area contributed by atoms with E-state index in [0.717, 1.165) is 0 Å². The Hall–Kier alpha value is -1.05. The number of hydrogen-bond acceptors (Lipinski definition) is 3. The normalized spacial score (nSPS) is 14.7. The van der Waals surface area contributed by atoms with Crippen LogP contribution in [0, 0.1) is 6.08 Å². The molecule has 11 heavy (non-hydrogen) atoms. The predicted octanol–water partition coefficient (Wildman–Crippen LogP) is 1.27. The van der Waals surface area contributed by atoms with Crippen LogP contribution in [0.25, 0.3) is 0 Å². The Morgan fingerprint density at radius 3 is 3.00 bits per heavy atom. The minimum atomic E-state index is -0.371. The van der Waals surface area contributed by atoms with Gasteiger partial charge in [0.15, 0.2) is 5.57 Å². The van der Waals surface area contributed by atoms with Crippen molar-refractivity contribution in [2.24, 2.45) is 0 Å². The summed E-state index contributed by atoms with van der Waals surface area (Å²) in [7, 11) is 1.34. The molecule has 0 bridgehead atoms. The summed E-state index contributed by atoms with van der Waals surface area (Å²) in [5.74, 6) is -0.371. The Bertz CT molecular complexity index is 261. The number of methoxy groups -OCH3 is 1. The Kier molecular flexibility index (Phi) is 2.47. The Balaban J connectivity index is 2.95. The van der Waals surface area contributed by atoms with E-state index < -0.39 is 0 Å². The number of carbonyl (C=O) groups excluding carboxylic acids is 1. The summed E-state index contributed by atoms with van der Waals surface area (Å²) >= 11 is 4.06. The van der Waals surface area contributed by atoms with Gasteiger partial charge >= 0.3 is 5.97 Å². The van der Waals surface area contributed by atoms with E-state index in [0.29, 0.717) is 10.5 Å². The molecule has 0 fully saturated rings. The molecule has 0 saturated carbocycles. The second-order valence-electron chi connectivity index (χ2n) is 1.93. The summed E-state index contributed by atoms with van der Waals surface area (Å²) in [6.45, 7) is 0. The highest BCUT2D eigenvalue weighted by Gasteiger charge is 2.18. The second kappa shape index (κ2) is 3.37. The molecule has 1 rings (SSSR count). The lowest BCUT2D eigenvalue weighted by atomic mass is 10.1. The molecule has 0 aliphatic heterocycles. The van der Waals surface area contributed by atoms with Crippen LogP contribution in [0.5, 0.6) is 0 Å². The summed E-state index contributed by atoms with van der Waals surface area (Å²) < 4.78 is 4.52. The zero-order valence-electron chi connectivity index (χ0n) is 6.00. The van der Waals surface area contributed by atoms with E-state index in [1.807, 2.05) is 0 Å².